The fraction of sp³-hybridized carbons (Fsp3) is 0.400. The van der Waals surface area contributed by atoms with E-state index in [1.807, 2.05) is 0 Å². The van der Waals surface area contributed by atoms with Gasteiger partial charge in [0.25, 0.3) is 5.91 Å². The van der Waals surface area contributed by atoms with E-state index in [0.717, 1.165) is 13.2 Å². The van der Waals surface area contributed by atoms with Gasteiger partial charge in [0.2, 0.25) is 17.3 Å². The highest BCUT2D eigenvalue weighted by Gasteiger charge is 2.72. The number of aliphatic hydroxyl groups excluding tert-OH is 2. The summed E-state index contributed by atoms with van der Waals surface area (Å²) in [4.78, 5) is 75.1. The number of fused-ring (bicyclic) bond motifs is 5. The summed E-state index contributed by atoms with van der Waals surface area (Å²) in [6.45, 7) is 2.95. The van der Waals surface area contributed by atoms with Crippen molar-refractivity contribution >= 4 is 34.8 Å². The number of carbonyl (C=O) groups excluding carboxylic acids is 5. The number of ether oxygens (including phenoxy) is 4. The van der Waals surface area contributed by atoms with Gasteiger partial charge in [-0.3, -0.25) is 29.0 Å². The zero-order valence-corrected chi connectivity index (χ0v) is 31.3. The van der Waals surface area contributed by atoms with Crippen LogP contribution in [0.5, 0.6) is 11.5 Å². The van der Waals surface area contributed by atoms with Gasteiger partial charge in [0, 0.05) is 51.0 Å². The number of hydrogen-bond donors (Lipinski definition) is 6. The van der Waals surface area contributed by atoms with Gasteiger partial charge in [0.15, 0.2) is 23.2 Å². The second-order valence-corrected chi connectivity index (χ2v) is 14.5. The summed E-state index contributed by atoms with van der Waals surface area (Å²) >= 11 is 0. The minimum atomic E-state index is -3.28. The highest BCUT2D eigenvalue weighted by Crippen LogP contribution is 2.56. The first-order valence-corrected chi connectivity index (χ1v) is 17.9. The van der Waals surface area contributed by atoms with E-state index in [4.69, 9.17) is 18.9 Å². The Morgan fingerprint density at radius 1 is 0.965 bits per heavy atom. The van der Waals surface area contributed by atoms with E-state index in [1.165, 1.54) is 51.5 Å². The molecule has 3 aliphatic carbocycles. The van der Waals surface area contributed by atoms with E-state index >= 15 is 0 Å². The fourth-order valence-electron chi connectivity index (χ4n) is 8.70. The standard InChI is InChI=1S/C40H39FN2O14/c1-15-10-18-11-24(45)40(56-5)36(51)27-21(35(50)39(40,53)28(18)31(48)25(15)37(52)42-14-17-6-8-19(41)9-7-17)12-20-26(30(27)47)23(44)13-22(29(20)46)43-38-34(55-4)32(49)33(54-3)16(2)57-38/h6-10,12,16,24,32-34,38,45,47-49,53H,11,13-14H2,1-5H3,(H,42,52)/t16-,24+,32+,33-,34+,38?,39-,40+/m0/s1. The maximum Gasteiger partial charge on any atom is 0.255 e. The lowest BCUT2D eigenvalue weighted by Gasteiger charge is -2.53. The van der Waals surface area contributed by atoms with Crippen LogP contribution in [-0.4, -0.2) is 124 Å². The van der Waals surface area contributed by atoms with E-state index in [1.54, 1.807) is 6.92 Å². The molecular formula is C40H39FN2O14. The molecule has 1 fully saturated rings. The highest BCUT2D eigenvalue weighted by atomic mass is 19.1. The smallest absolute Gasteiger partial charge is 0.255 e. The van der Waals surface area contributed by atoms with E-state index in [2.05, 4.69) is 10.3 Å². The topological polar surface area (TPSA) is 248 Å². The number of nitrogens with one attached hydrogen (secondary N) is 1. The third kappa shape index (κ3) is 5.67. The number of phenols is 2. The van der Waals surface area contributed by atoms with Crippen molar-refractivity contribution in [3.63, 3.8) is 0 Å². The number of ketones is 4. The predicted molar refractivity (Wildman–Crippen MR) is 193 cm³/mol. The van der Waals surface area contributed by atoms with Crippen molar-refractivity contribution in [1.82, 2.24) is 5.32 Å². The number of aromatic hydroxyl groups is 2. The molecule has 4 aliphatic rings. The van der Waals surface area contributed by atoms with Crippen LogP contribution in [-0.2, 0) is 37.5 Å². The molecule has 1 saturated heterocycles. The molecule has 16 nitrogen and oxygen atoms in total. The van der Waals surface area contributed by atoms with Crippen molar-refractivity contribution in [3.05, 3.63) is 92.3 Å². The van der Waals surface area contributed by atoms with Crippen molar-refractivity contribution in [1.29, 1.82) is 0 Å². The number of aliphatic hydroxyl groups is 3. The Kier molecular flexibility index (Phi) is 10.0. The molecule has 3 aromatic rings. The number of nitrogens with zero attached hydrogens (tertiary/aromatic N) is 1. The third-order valence-corrected chi connectivity index (χ3v) is 11.4. The first kappa shape index (κ1) is 39.9. The summed E-state index contributed by atoms with van der Waals surface area (Å²) in [7, 11) is 3.55. The van der Waals surface area contributed by atoms with Crippen LogP contribution in [0.3, 0.4) is 0 Å². The fourth-order valence-corrected chi connectivity index (χ4v) is 8.70. The number of rotatable bonds is 7. The second-order valence-electron chi connectivity index (χ2n) is 14.5. The van der Waals surface area contributed by atoms with E-state index < -0.39 is 146 Å². The van der Waals surface area contributed by atoms with Crippen LogP contribution in [0.1, 0.15) is 87.4 Å². The lowest BCUT2D eigenvalue weighted by molar-refractivity contribution is -0.228. The number of phenolic OH excluding ortho intramolecular Hbond substituents is 2. The van der Waals surface area contributed by atoms with E-state index in [9.17, 15) is 53.9 Å². The third-order valence-electron chi connectivity index (χ3n) is 11.4. The molecule has 8 atom stereocenters. The summed E-state index contributed by atoms with van der Waals surface area (Å²) in [5.74, 6) is -7.99. The van der Waals surface area contributed by atoms with Crippen LogP contribution in [0.4, 0.5) is 4.39 Å². The zero-order chi connectivity index (χ0) is 41.5. The van der Waals surface area contributed by atoms with Crippen LogP contribution in [0.25, 0.3) is 0 Å². The quantitative estimate of drug-likeness (QED) is 0.198. The molecule has 1 amide bonds. The van der Waals surface area contributed by atoms with Gasteiger partial charge in [0.1, 0.15) is 35.6 Å². The number of methoxy groups -OCH3 is 3. The lowest BCUT2D eigenvalue weighted by Crippen LogP contribution is -2.73. The minimum Gasteiger partial charge on any atom is -0.507 e. The molecule has 1 unspecified atom stereocenters. The van der Waals surface area contributed by atoms with E-state index in [-0.39, 0.29) is 17.7 Å². The van der Waals surface area contributed by atoms with Crippen LogP contribution in [0, 0.1) is 12.7 Å². The van der Waals surface area contributed by atoms with Gasteiger partial charge in [-0.1, -0.05) is 18.2 Å². The molecule has 0 bridgehead atoms. The molecular weight excluding hydrogens is 751 g/mol. The number of aliphatic imine (C=N–C) groups is 1. The van der Waals surface area contributed by atoms with E-state index in [0.29, 0.717) is 5.56 Å². The highest BCUT2D eigenvalue weighted by molar-refractivity contribution is 6.53. The summed E-state index contributed by atoms with van der Waals surface area (Å²) in [6, 6.07) is 7.42. The number of Topliss-reactive ketones (excluding diaryl/α,β-unsaturated/α-hetero) is 4. The Hall–Kier alpha value is -5.27. The van der Waals surface area contributed by atoms with Gasteiger partial charge < -0.3 is 49.8 Å². The van der Waals surface area contributed by atoms with Crippen molar-refractivity contribution in [2.24, 2.45) is 4.99 Å². The first-order chi connectivity index (χ1) is 27.0. The van der Waals surface area contributed by atoms with Gasteiger partial charge in [0.05, 0.1) is 41.0 Å². The second kappa shape index (κ2) is 14.3. The van der Waals surface area contributed by atoms with Crippen molar-refractivity contribution < 1.29 is 72.8 Å². The molecule has 3 aromatic carbocycles. The van der Waals surface area contributed by atoms with Gasteiger partial charge in [-0.2, -0.15) is 0 Å². The van der Waals surface area contributed by atoms with Crippen LogP contribution in [0.2, 0.25) is 0 Å². The zero-order valence-electron chi connectivity index (χ0n) is 31.3. The molecule has 0 radical (unpaired) electrons. The monoisotopic (exact) mass is 790 g/mol. The number of benzene rings is 3. The lowest BCUT2D eigenvalue weighted by atomic mass is 9.56. The van der Waals surface area contributed by atoms with Crippen molar-refractivity contribution in [2.45, 2.75) is 81.2 Å². The molecule has 300 valence electrons. The largest absolute Gasteiger partial charge is 0.507 e. The van der Waals surface area contributed by atoms with Crippen molar-refractivity contribution in [2.75, 3.05) is 21.3 Å². The maximum absolute atomic E-state index is 14.8. The first-order valence-electron chi connectivity index (χ1n) is 17.9. The summed E-state index contributed by atoms with van der Waals surface area (Å²) in [5, 5.41) is 61.1. The van der Waals surface area contributed by atoms with Crippen LogP contribution >= 0.6 is 0 Å². The molecule has 57 heavy (non-hydrogen) atoms. The Labute approximate surface area is 323 Å². The number of aryl methyl sites for hydroxylation is 1. The number of carbonyl (C=O) groups is 5. The molecule has 6 N–H and O–H groups in total. The number of halogens is 1. The minimum absolute atomic E-state index is 0.0254. The number of amides is 1. The van der Waals surface area contributed by atoms with Crippen LogP contribution < -0.4 is 5.32 Å². The maximum atomic E-state index is 14.8. The van der Waals surface area contributed by atoms with Gasteiger partial charge >= 0.3 is 0 Å². The molecule has 1 heterocycles. The van der Waals surface area contributed by atoms with Crippen LogP contribution in [0.15, 0.2) is 41.4 Å². The summed E-state index contributed by atoms with van der Waals surface area (Å²) < 4.78 is 35.6. The Morgan fingerprint density at radius 3 is 2.26 bits per heavy atom. The Morgan fingerprint density at radius 2 is 1.63 bits per heavy atom. The number of hydrogen-bond acceptors (Lipinski definition) is 15. The van der Waals surface area contributed by atoms with Gasteiger partial charge in [-0.15, -0.1) is 0 Å². The van der Waals surface area contributed by atoms with Gasteiger partial charge in [-0.25, -0.2) is 4.39 Å². The average Bonchev–Trinajstić information content (AvgIpc) is 3.15. The summed E-state index contributed by atoms with van der Waals surface area (Å²) in [5.41, 5.74) is -9.78. The molecule has 7 rings (SSSR count). The predicted octanol–water partition coefficient (Wildman–Crippen LogP) is 1.39. The molecule has 0 saturated carbocycles. The van der Waals surface area contributed by atoms with Crippen molar-refractivity contribution in [3.8, 4) is 11.5 Å². The molecule has 0 spiro atoms. The molecule has 0 aromatic heterocycles. The summed E-state index contributed by atoms with van der Waals surface area (Å²) in [6.07, 6.45) is -8.41. The SMILES string of the molecule is CO[C@@H]1[C@@H](O)[C@@H](OC)C(N=C2CC(=O)c3c(cc4c(c3O)C(=O)[C@]3(OC)[C@H](O)Cc5cc(C)c(C(=O)NCc6ccc(F)cc6)c(O)c5[C@]3(O)C4=O)C2=O)O[C@H]1C. The Bertz CT molecular complexity index is 2290. The average molecular weight is 791 g/mol. The van der Waals surface area contributed by atoms with Gasteiger partial charge in [-0.05, 0) is 48.7 Å². The Balaban J connectivity index is 1.35. The normalized spacial score (nSPS) is 30.1. The molecule has 1 aliphatic heterocycles. The molecule has 17 heteroatoms.